The summed E-state index contributed by atoms with van der Waals surface area (Å²) in [7, 11) is 1.25. The lowest BCUT2D eigenvalue weighted by Gasteiger charge is -2.39. The van der Waals surface area contributed by atoms with E-state index in [9.17, 15) is 19.2 Å². The molecule has 3 aromatic rings. The fourth-order valence-electron chi connectivity index (χ4n) is 6.19. The highest BCUT2D eigenvalue weighted by molar-refractivity contribution is 5.87. The number of amides is 4. The van der Waals surface area contributed by atoms with E-state index < -0.39 is 70.3 Å². The van der Waals surface area contributed by atoms with Gasteiger partial charge in [-0.2, -0.15) is 0 Å². The Morgan fingerprint density at radius 2 is 1.22 bits per heavy atom. The van der Waals surface area contributed by atoms with Crippen LogP contribution in [0.15, 0.2) is 79.0 Å². The zero-order valence-electron chi connectivity index (χ0n) is 36.7. The number of carbonyl (C=O) groups excluding carboxylic acids is 4. The van der Waals surface area contributed by atoms with Crippen LogP contribution in [0.5, 0.6) is 0 Å². The molecule has 0 spiro atoms. The molecular formula is C45H66N6O7. The van der Waals surface area contributed by atoms with Gasteiger partial charge in [-0.25, -0.2) is 14.6 Å². The number of methoxy groups -OCH3 is 1. The molecule has 4 atom stereocenters. The summed E-state index contributed by atoms with van der Waals surface area (Å²) < 4.78 is 17.2. The van der Waals surface area contributed by atoms with E-state index in [2.05, 4.69) is 26.4 Å². The monoisotopic (exact) mass is 802 g/mol. The Morgan fingerprint density at radius 1 is 0.655 bits per heavy atom. The van der Waals surface area contributed by atoms with Crippen LogP contribution in [0.1, 0.15) is 94.2 Å². The maximum Gasteiger partial charge on any atom is 0.408 e. The maximum atomic E-state index is 14.4. The van der Waals surface area contributed by atoms with Gasteiger partial charge in [-0.05, 0) is 82.1 Å². The van der Waals surface area contributed by atoms with Crippen molar-refractivity contribution in [2.24, 2.45) is 10.8 Å². The fraction of sp³-hybridized carbons (Fsp3) is 0.533. The van der Waals surface area contributed by atoms with Gasteiger partial charge in [-0.1, -0.05) is 102 Å². The third kappa shape index (κ3) is 16.1. The Balaban J connectivity index is 2.11. The van der Waals surface area contributed by atoms with Crippen molar-refractivity contribution in [3.8, 4) is 11.3 Å². The van der Waals surface area contributed by atoms with Crippen LogP contribution in [0, 0.1) is 10.8 Å². The van der Waals surface area contributed by atoms with Crippen LogP contribution in [-0.4, -0.2) is 83.1 Å². The summed E-state index contributed by atoms with van der Waals surface area (Å²) in [5.41, 5.74) is 3.83. The molecule has 0 aliphatic heterocycles. The molecule has 13 nitrogen and oxygen atoms in total. The number of ether oxygens (including phenoxy) is 3. The zero-order valence-corrected chi connectivity index (χ0v) is 36.7. The normalized spacial score (nSPS) is 14.4. The summed E-state index contributed by atoms with van der Waals surface area (Å²) in [6, 6.07) is 20.7. The minimum Gasteiger partial charge on any atom is -0.453 e. The van der Waals surface area contributed by atoms with Crippen molar-refractivity contribution in [1.82, 2.24) is 31.4 Å². The van der Waals surface area contributed by atoms with Crippen LogP contribution < -0.4 is 21.4 Å². The largest absolute Gasteiger partial charge is 0.453 e. The molecule has 4 amide bonds. The van der Waals surface area contributed by atoms with Gasteiger partial charge in [0.05, 0.1) is 30.6 Å². The number of pyridine rings is 1. The molecule has 1 aromatic heterocycles. The van der Waals surface area contributed by atoms with Crippen molar-refractivity contribution >= 4 is 24.0 Å². The molecule has 58 heavy (non-hydrogen) atoms. The highest BCUT2D eigenvalue weighted by atomic mass is 16.6. The van der Waals surface area contributed by atoms with Gasteiger partial charge in [0.2, 0.25) is 5.91 Å². The first-order valence-corrected chi connectivity index (χ1v) is 19.8. The van der Waals surface area contributed by atoms with E-state index in [1.54, 1.807) is 32.0 Å². The number of rotatable bonds is 15. The molecule has 318 valence electrons. The maximum absolute atomic E-state index is 14.4. The van der Waals surface area contributed by atoms with Crippen LogP contribution in [0.3, 0.4) is 0 Å². The van der Waals surface area contributed by atoms with Crippen molar-refractivity contribution in [2.45, 2.75) is 131 Å². The van der Waals surface area contributed by atoms with Gasteiger partial charge in [0.25, 0.3) is 5.91 Å². The summed E-state index contributed by atoms with van der Waals surface area (Å²) in [5.74, 6) is -0.881. The lowest BCUT2D eigenvalue weighted by Crippen LogP contribution is -2.62. The Hall–Kier alpha value is -5.01. The van der Waals surface area contributed by atoms with Gasteiger partial charge in [0.1, 0.15) is 17.7 Å². The molecule has 2 aromatic carbocycles. The van der Waals surface area contributed by atoms with Crippen LogP contribution in [-0.2, 0) is 36.8 Å². The summed E-state index contributed by atoms with van der Waals surface area (Å²) in [5, 5.41) is 10.5. The molecular weight excluding hydrogens is 737 g/mol. The highest BCUT2D eigenvalue weighted by Crippen LogP contribution is 2.25. The predicted molar refractivity (Wildman–Crippen MR) is 226 cm³/mol. The van der Waals surface area contributed by atoms with Crippen molar-refractivity contribution in [3.05, 3.63) is 90.1 Å². The number of nitrogens with one attached hydrogen (secondary N) is 4. The molecule has 0 aliphatic rings. The molecule has 0 aliphatic carbocycles. The first-order chi connectivity index (χ1) is 26.8. The molecule has 0 unspecified atom stereocenters. The van der Waals surface area contributed by atoms with Crippen LogP contribution in [0.25, 0.3) is 11.3 Å². The molecule has 3 rings (SSSR count). The third-order valence-corrected chi connectivity index (χ3v) is 8.90. The van der Waals surface area contributed by atoms with E-state index in [1.807, 2.05) is 135 Å². The van der Waals surface area contributed by atoms with E-state index in [0.717, 1.165) is 22.4 Å². The molecule has 1 heterocycles. The zero-order chi connectivity index (χ0) is 43.5. The van der Waals surface area contributed by atoms with Gasteiger partial charge in [0.15, 0.2) is 0 Å². The molecule has 4 N–H and O–H groups in total. The van der Waals surface area contributed by atoms with Gasteiger partial charge < -0.3 is 30.2 Å². The lowest BCUT2D eigenvalue weighted by molar-refractivity contribution is -0.137. The third-order valence-electron chi connectivity index (χ3n) is 8.90. The minimum atomic E-state index is -0.991. The Morgan fingerprint density at radius 3 is 1.74 bits per heavy atom. The molecule has 0 radical (unpaired) electrons. The molecule has 0 fully saturated rings. The number of aromatic nitrogens is 1. The van der Waals surface area contributed by atoms with E-state index in [1.165, 1.54) is 7.11 Å². The summed E-state index contributed by atoms with van der Waals surface area (Å²) in [6.07, 6.45) is -0.0512. The smallest absolute Gasteiger partial charge is 0.408 e. The van der Waals surface area contributed by atoms with Crippen LogP contribution >= 0.6 is 0 Å². The second-order valence-electron chi connectivity index (χ2n) is 18.7. The number of carbonyl (C=O) groups is 4. The fourth-order valence-corrected chi connectivity index (χ4v) is 6.19. The first-order valence-electron chi connectivity index (χ1n) is 19.8. The number of nitrogens with zero attached hydrogens (tertiary/aromatic N) is 2. The van der Waals surface area contributed by atoms with Crippen molar-refractivity contribution in [1.29, 1.82) is 0 Å². The number of benzene rings is 2. The number of alkyl carbamates (subject to hydrolysis) is 2. The van der Waals surface area contributed by atoms with Gasteiger partial charge in [0, 0.05) is 24.8 Å². The predicted octanol–water partition coefficient (Wildman–Crippen LogP) is 7.20. The van der Waals surface area contributed by atoms with Crippen molar-refractivity contribution < 1.29 is 33.4 Å². The van der Waals surface area contributed by atoms with Gasteiger partial charge in [-0.3, -0.25) is 20.0 Å². The lowest BCUT2D eigenvalue weighted by atomic mass is 9.85. The SMILES string of the molecule is COC(=O)N[C@H](C(=O)N[C@@H](Cc1ccccc1)[C@H](CN(Cc1ccc(-c2ccccn2)cc1)NC(=O)[C@@H](NC(=O)OC(C)(C)C)C(C)(C)C)OC(C)(C)C)C(C)(C)C. The average molecular weight is 803 g/mol. The summed E-state index contributed by atoms with van der Waals surface area (Å²) in [6.45, 7) is 22.6. The minimum absolute atomic E-state index is 0.108. The second-order valence-corrected chi connectivity index (χ2v) is 18.7. The van der Waals surface area contributed by atoms with E-state index in [0.29, 0.717) is 6.42 Å². The number of hydrazine groups is 1. The Labute approximate surface area is 345 Å². The Kier molecular flexibility index (Phi) is 16.4. The van der Waals surface area contributed by atoms with E-state index >= 15 is 0 Å². The summed E-state index contributed by atoms with van der Waals surface area (Å²) in [4.78, 5) is 58.5. The van der Waals surface area contributed by atoms with Gasteiger partial charge in [-0.15, -0.1) is 0 Å². The molecule has 0 saturated heterocycles. The summed E-state index contributed by atoms with van der Waals surface area (Å²) >= 11 is 0. The highest BCUT2D eigenvalue weighted by Gasteiger charge is 2.39. The van der Waals surface area contributed by atoms with Crippen LogP contribution in [0.2, 0.25) is 0 Å². The van der Waals surface area contributed by atoms with E-state index in [4.69, 9.17) is 14.2 Å². The van der Waals surface area contributed by atoms with Crippen molar-refractivity contribution in [3.63, 3.8) is 0 Å². The molecule has 13 heteroatoms. The first kappa shape index (κ1) is 47.4. The van der Waals surface area contributed by atoms with E-state index in [-0.39, 0.29) is 13.1 Å². The molecule has 0 saturated carbocycles. The molecule has 0 bridgehead atoms. The second kappa shape index (κ2) is 20.1. The van der Waals surface area contributed by atoms with Crippen molar-refractivity contribution in [2.75, 3.05) is 13.7 Å². The van der Waals surface area contributed by atoms with Gasteiger partial charge >= 0.3 is 12.2 Å². The standard InChI is InChI=1S/C45H66N6O7/c1-42(2,3)36(48-40(54)56-13)38(52)47-34(27-30-19-15-14-16-20-30)35(57-44(7,8)9)29-51(28-31-22-24-32(25-23-31)33-21-17-18-26-46-33)50-39(53)37(43(4,5)6)49-41(55)58-45(10,11)12/h14-26,34-37H,27-29H2,1-13H3,(H,47,52)(H,48,54)(H,49,55)(H,50,53)/t34-,35-,36+,37+/m0/s1. The topological polar surface area (TPSA) is 160 Å². The number of hydrogen-bond donors (Lipinski definition) is 4. The average Bonchev–Trinajstić information content (AvgIpc) is 3.11. The Bertz CT molecular complexity index is 1780. The quantitative estimate of drug-likeness (QED) is 0.117. The number of hydrogen-bond acceptors (Lipinski definition) is 9. The van der Waals surface area contributed by atoms with Crippen LogP contribution in [0.4, 0.5) is 9.59 Å².